The highest BCUT2D eigenvalue weighted by Crippen LogP contribution is 2.35. The molecule has 1 N–H and O–H groups in total. The highest BCUT2D eigenvalue weighted by molar-refractivity contribution is 5.94. The van der Waals surface area contributed by atoms with Gasteiger partial charge in [0.25, 0.3) is 0 Å². The molecule has 0 unspecified atom stereocenters. The van der Waals surface area contributed by atoms with Crippen LogP contribution < -0.4 is 10.2 Å². The van der Waals surface area contributed by atoms with Gasteiger partial charge in [0, 0.05) is 62.4 Å². The number of hydrogen-bond acceptors (Lipinski definition) is 4. The molecule has 1 aromatic heterocycles. The molecule has 2 amide bonds. The number of carbonyl (C=O) groups excluding carboxylic acids is 2. The molecule has 4 heterocycles. The van der Waals surface area contributed by atoms with Gasteiger partial charge in [-0.25, -0.2) is 4.98 Å². The van der Waals surface area contributed by atoms with Crippen LogP contribution in [0.4, 0.5) is 11.5 Å². The number of rotatable bonds is 3. The lowest BCUT2D eigenvalue weighted by Crippen LogP contribution is -2.32. The van der Waals surface area contributed by atoms with Crippen molar-refractivity contribution >= 4 is 29.4 Å². The molecule has 0 saturated carbocycles. The van der Waals surface area contributed by atoms with Gasteiger partial charge in [-0.05, 0) is 48.2 Å². The molecule has 2 saturated heterocycles. The van der Waals surface area contributed by atoms with Crippen molar-refractivity contribution in [3.8, 4) is 0 Å². The number of aryl methyl sites for hydroxylation is 2. The molecule has 3 aliphatic rings. The van der Waals surface area contributed by atoms with Crippen LogP contribution in [-0.4, -0.2) is 47.9 Å². The Kier molecular flexibility index (Phi) is 4.77. The molecule has 0 bridgehead atoms. The quantitative estimate of drug-likeness (QED) is 0.802. The number of anilines is 2. The van der Waals surface area contributed by atoms with Gasteiger partial charge in [-0.15, -0.1) is 0 Å². The molecule has 6 heteroatoms. The maximum absolute atomic E-state index is 12.7. The van der Waals surface area contributed by atoms with Gasteiger partial charge in [-0.3, -0.25) is 9.59 Å². The molecule has 2 fully saturated rings. The fraction of sp³-hybridized carbons (Fsp3) is 0.375. The summed E-state index contributed by atoms with van der Waals surface area (Å²) in [5.41, 5.74) is 4.55. The van der Waals surface area contributed by atoms with Gasteiger partial charge in [0.2, 0.25) is 11.8 Å². The molecule has 154 valence electrons. The first-order valence-corrected chi connectivity index (χ1v) is 10.6. The molecular formula is C24H26N4O2. The number of pyridine rings is 1. The first-order valence-electron chi connectivity index (χ1n) is 10.6. The van der Waals surface area contributed by atoms with Gasteiger partial charge >= 0.3 is 0 Å². The lowest BCUT2D eigenvalue weighted by Gasteiger charge is -2.24. The van der Waals surface area contributed by atoms with Crippen LogP contribution >= 0.6 is 0 Å². The molecule has 5 rings (SSSR count). The lowest BCUT2D eigenvalue weighted by molar-refractivity contribution is -0.125. The Labute approximate surface area is 176 Å². The van der Waals surface area contributed by atoms with E-state index in [9.17, 15) is 9.59 Å². The van der Waals surface area contributed by atoms with E-state index in [-0.39, 0.29) is 11.8 Å². The lowest BCUT2D eigenvalue weighted by atomic mass is 10.0. The van der Waals surface area contributed by atoms with E-state index in [1.165, 1.54) is 11.3 Å². The summed E-state index contributed by atoms with van der Waals surface area (Å²) in [4.78, 5) is 33.0. The van der Waals surface area contributed by atoms with E-state index in [4.69, 9.17) is 0 Å². The summed E-state index contributed by atoms with van der Waals surface area (Å²) in [7, 11) is 0. The minimum absolute atomic E-state index is 0.00837. The minimum Gasteiger partial charge on any atom is -0.371 e. The van der Waals surface area contributed by atoms with Crippen LogP contribution in [0.1, 0.15) is 23.1 Å². The fourth-order valence-corrected chi connectivity index (χ4v) is 4.93. The first-order chi connectivity index (χ1) is 14.6. The molecule has 2 aromatic rings. The maximum atomic E-state index is 12.7. The van der Waals surface area contributed by atoms with Gasteiger partial charge in [0.05, 0.1) is 0 Å². The Bertz CT molecular complexity index is 1020. The van der Waals surface area contributed by atoms with E-state index >= 15 is 0 Å². The Morgan fingerprint density at radius 2 is 1.90 bits per heavy atom. The zero-order chi connectivity index (χ0) is 20.7. The Balaban J connectivity index is 1.20. The number of hydrogen-bond donors (Lipinski definition) is 1. The summed E-state index contributed by atoms with van der Waals surface area (Å²) >= 11 is 0. The summed E-state index contributed by atoms with van der Waals surface area (Å²) in [6, 6.07) is 10.5. The van der Waals surface area contributed by atoms with Gasteiger partial charge in [-0.1, -0.05) is 18.2 Å². The number of aromatic nitrogens is 1. The van der Waals surface area contributed by atoms with Crippen LogP contribution in [-0.2, 0) is 16.0 Å². The van der Waals surface area contributed by atoms with Crippen molar-refractivity contribution < 1.29 is 9.59 Å². The summed E-state index contributed by atoms with van der Waals surface area (Å²) in [6.45, 7) is 5.84. The summed E-state index contributed by atoms with van der Waals surface area (Å²) in [5.74, 6) is 1.79. The molecule has 0 radical (unpaired) electrons. The van der Waals surface area contributed by atoms with E-state index in [0.29, 0.717) is 30.5 Å². The van der Waals surface area contributed by atoms with Crippen molar-refractivity contribution in [1.29, 1.82) is 0 Å². The predicted molar refractivity (Wildman–Crippen MR) is 117 cm³/mol. The SMILES string of the molecule is Cc1ccccc1N1C[C@H]2CN(C(=O)C=Cc3cnc4c(c3)CCC(=O)N4)C[C@H]2C1. The molecule has 0 spiro atoms. The molecule has 3 aliphatic heterocycles. The standard InChI is InChI=1S/C24H26N4O2/c1-16-4-2-3-5-21(16)27-12-19-14-28(15-20(19)13-27)23(30)9-6-17-10-18-7-8-22(29)26-24(18)25-11-17/h2-6,9-11,19-20H,7-8,12-15H2,1H3,(H,25,26,29)/t19-,20+. The van der Waals surface area contributed by atoms with Crippen LogP contribution in [0.3, 0.4) is 0 Å². The van der Waals surface area contributed by atoms with Gasteiger partial charge in [0.15, 0.2) is 0 Å². The van der Waals surface area contributed by atoms with Crippen molar-refractivity contribution in [3.05, 3.63) is 59.3 Å². The van der Waals surface area contributed by atoms with Crippen LogP contribution in [0, 0.1) is 18.8 Å². The predicted octanol–water partition coefficient (Wildman–Crippen LogP) is 2.88. The third kappa shape index (κ3) is 3.58. The van der Waals surface area contributed by atoms with Gasteiger partial charge in [-0.2, -0.15) is 0 Å². The van der Waals surface area contributed by atoms with E-state index in [2.05, 4.69) is 46.4 Å². The van der Waals surface area contributed by atoms with Crippen LogP contribution in [0.5, 0.6) is 0 Å². The third-order valence-corrected chi connectivity index (χ3v) is 6.54. The summed E-state index contributed by atoms with van der Waals surface area (Å²) in [6.07, 6.45) is 6.37. The zero-order valence-electron chi connectivity index (χ0n) is 17.2. The maximum Gasteiger partial charge on any atom is 0.246 e. The van der Waals surface area contributed by atoms with Crippen LogP contribution in [0.15, 0.2) is 42.6 Å². The summed E-state index contributed by atoms with van der Waals surface area (Å²) < 4.78 is 0. The van der Waals surface area contributed by atoms with Crippen molar-refractivity contribution in [2.45, 2.75) is 19.8 Å². The van der Waals surface area contributed by atoms with Crippen molar-refractivity contribution in [1.82, 2.24) is 9.88 Å². The second kappa shape index (κ2) is 7.59. The van der Waals surface area contributed by atoms with Crippen molar-refractivity contribution in [3.63, 3.8) is 0 Å². The number of nitrogens with zero attached hydrogens (tertiary/aromatic N) is 3. The van der Waals surface area contributed by atoms with Gasteiger partial charge < -0.3 is 15.1 Å². The molecule has 30 heavy (non-hydrogen) atoms. The number of carbonyl (C=O) groups is 2. The summed E-state index contributed by atoms with van der Waals surface area (Å²) in [5, 5.41) is 2.78. The van der Waals surface area contributed by atoms with Crippen LogP contribution in [0.2, 0.25) is 0 Å². The van der Waals surface area contributed by atoms with Crippen LogP contribution in [0.25, 0.3) is 6.08 Å². The average Bonchev–Trinajstić information content (AvgIpc) is 3.31. The highest BCUT2D eigenvalue weighted by Gasteiger charge is 2.41. The third-order valence-electron chi connectivity index (χ3n) is 6.54. The Hall–Kier alpha value is -3.15. The van der Waals surface area contributed by atoms with E-state index in [1.54, 1.807) is 12.3 Å². The first kappa shape index (κ1) is 18.9. The molecule has 6 nitrogen and oxygen atoms in total. The molecule has 0 aliphatic carbocycles. The number of para-hydroxylation sites is 1. The van der Waals surface area contributed by atoms with E-state index in [0.717, 1.165) is 37.3 Å². The van der Waals surface area contributed by atoms with E-state index < -0.39 is 0 Å². The largest absolute Gasteiger partial charge is 0.371 e. The normalized spacial score (nSPS) is 22.9. The van der Waals surface area contributed by atoms with Gasteiger partial charge in [0.1, 0.15) is 5.82 Å². The topological polar surface area (TPSA) is 65.5 Å². The second-order valence-corrected chi connectivity index (χ2v) is 8.61. The van der Waals surface area contributed by atoms with Crippen molar-refractivity contribution in [2.24, 2.45) is 11.8 Å². The fourth-order valence-electron chi connectivity index (χ4n) is 4.93. The monoisotopic (exact) mass is 402 g/mol. The number of nitrogens with one attached hydrogen (secondary N) is 1. The molecular weight excluding hydrogens is 376 g/mol. The van der Waals surface area contributed by atoms with Crippen molar-refractivity contribution in [2.75, 3.05) is 36.4 Å². The average molecular weight is 402 g/mol. The number of likely N-dealkylation sites (tertiary alicyclic amines) is 1. The Morgan fingerprint density at radius 3 is 2.67 bits per heavy atom. The number of benzene rings is 1. The number of fused-ring (bicyclic) bond motifs is 2. The smallest absolute Gasteiger partial charge is 0.246 e. The second-order valence-electron chi connectivity index (χ2n) is 8.61. The van der Waals surface area contributed by atoms with E-state index in [1.807, 2.05) is 17.0 Å². The minimum atomic E-state index is 0.00837. The Morgan fingerprint density at radius 1 is 1.13 bits per heavy atom. The molecule has 2 atom stereocenters. The zero-order valence-corrected chi connectivity index (χ0v) is 17.2. The number of amides is 2. The highest BCUT2D eigenvalue weighted by atomic mass is 16.2. The molecule has 1 aromatic carbocycles.